The van der Waals surface area contributed by atoms with Crippen molar-refractivity contribution in [2.24, 2.45) is 17.8 Å². The molecule has 60 valence electrons. The lowest BCUT2D eigenvalue weighted by atomic mass is 9.93. The zero-order valence-corrected chi connectivity index (χ0v) is 6.16. The van der Waals surface area contributed by atoms with Crippen molar-refractivity contribution in [3.63, 3.8) is 0 Å². The Kier molecular flexibility index (Phi) is 1.46. The molecule has 1 saturated carbocycles. The predicted octanol–water partition coefficient (Wildman–Crippen LogP) is 0.704. The third-order valence-corrected chi connectivity index (χ3v) is 2.73. The second-order valence-electron chi connectivity index (χ2n) is 3.36. The quantitative estimate of drug-likeness (QED) is 0.331. The summed E-state index contributed by atoms with van der Waals surface area (Å²) in [6.45, 7) is 0. The van der Waals surface area contributed by atoms with Crippen LogP contribution in [0.3, 0.4) is 0 Å². The lowest BCUT2D eigenvalue weighted by Crippen LogP contribution is -2.30. The van der Waals surface area contributed by atoms with Gasteiger partial charge < -0.3 is 0 Å². The monoisotopic (exact) mass is 153 g/mol. The smallest absolute Gasteiger partial charge is 0.247 e. The molecule has 1 amide bonds. The van der Waals surface area contributed by atoms with Crippen LogP contribution in [0.1, 0.15) is 12.8 Å². The van der Waals surface area contributed by atoms with E-state index >= 15 is 0 Å². The van der Waals surface area contributed by atoms with Gasteiger partial charge in [0.25, 0.3) is 0 Å². The number of amides is 1. The fraction of sp³-hybridized carbons (Fsp3) is 0.625. The van der Waals surface area contributed by atoms with E-state index in [0.717, 1.165) is 12.8 Å². The highest BCUT2D eigenvalue weighted by Gasteiger charge is 2.39. The van der Waals surface area contributed by atoms with E-state index in [1.807, 2.05) is 0 Å². The standard InChI is InChI=1S/C8H11NO2/c10-8(9-11)7-4-5-1-2-6(7)3-5/h1-2,5-7,11H,3-4H2,(H,9,10)/t5-,6+,7+/m0/s1. The van der Waals surface area contributed by atoms with Crippen LogP contribution in [-0.2, 0) is 4.79 Å². The first-order chi connectivity index (χ1) is 5.31. The summed E-state index contributed by atoms with van der Waals surface area (Å²) in [5, 5.41) is 8.40. The van der Waals surface area contributed by atoms with Crippen LogP contribution in [-0.4, -0.2) is 11.1 Å². The predicted molar refractivity (Wildman–Crippen MR) is 38.8 cm³/mol. The van der Waals surface area contributed by atoms with Crippen molar-refractivity contribution < 1.29 is 10.0 Å². The number of hydrogen-bond donors (Lipinski definition) is 2. The van der Waals surface area contributed by atoms with Gasteiger partial charge in [0.1, 0.15) is 0 Å². The van der Waals surface area contributed by atoms with Crippen molar-refractivity contribution in [2.75, 3.05) is 0 Å². The number of rotatable bonds is 1. The summed E-state index contributed by atoms with van der Waals surface area (Å²) in [6, 6.07) is 0. The highest BCUT2D eigenvalue weighted by atomic mass is 16.5. The largest absolute Gasteiger partial charge is 0.289 e. The minimum absolute atomic E-state index is 0.0231. The van der Waals surface area contributed by atoms with E-state index in [2.05, 4.69) is 12.2 Å². The number of carbonyl (C=O) groups is 1. The average Bonchev–Trinajstić information content (AvgIpc) is 2.62. The van der Waals surface area contributed by atoms with E-state index in [1.165, 1.54) is 0 Å². The topological polar surface area (TPSA) is 49.3 Å². The van der Waals surface area contributed by atoms with Gasteiger partial charge >= 0.3 is 0 Å². The molecule has 0 aromatic carbocycles. The molecule has 2 bridgehead atoms. The zero-order valence-electron chi connectivity index (χ0n) is 6.16. The molecule has 0 radical (unpaired) electrons. The number of allylic oxidation sites excluding steroid dienone is 2. The van der Waals surface area contributed by atoms with Gasteiger partial charge in [-0.1, -0.05) is 12.2 Å². The highest BCUT2D eigenvalue weighted by Crippen LogP contribution is 2.43. The second kappa shape index (κ2) is 2.34. The Morgan fingerprint density at radius 2 is 2.27 bits per heavy atom. The Morgan fingerprint density at radius 3 is 2.73 bits per heavy atom. The molecule has 0 aromatic rings. The Bertz CT molecular complexity index is 212. The maximum Gasteiger partial charge on any atom is 0.247 e. The van der Waals surface area contributed by atoms with Crippen molar-refractivity contribution in [3.8, 4) is 0 Å². The van der Waals surface area contributed by atoms with E-state index in [0.29, 0.717) is 11.8 Å². The van der Waals surface area contributed by atoms with E-state index in [9.17, 15) is 4.79 Å². The SMILES string of the molecule is O=C(NO)[C@@H]1C[C@H]2C=C[C@@H]1C2. The van der Waals surface area contributed by atoms with Crippen LogP contribution in [0.15, 0.2) is 12.2 Å². The lowest BCUT2D eigenvalue weighted by Gasteiger charge is -2.14. The van der Waals surface area contributed by atoms with Gasteiger partial charge in [-0.2, -0.15) is 0 Å². The molecule has 0 aliphatic heterocycles. The molecule has 0 unspecified atom stereocenters. The first kappa shape index (κ1) is 6.85. The fourth-order valence-corrected chi connectivity index (χ4v) is 2.17. The van der Waals surface area contributed by atoms with Crippen LogP contribution < -0.4 is 5.48 Å². The summed E-state index contributed by atoms with van der Waals surface area (Å²) >= 11 is 0. The third-order valence-electron chi connectivity index (χ3n) is 2.73. The molecular weight excluding hydrogens is 142 g/mol. The van der Waals surface area contributed by atoms with Crippen LogP contribution in [0.2, 0.25) is 0 Å². The molecule has 2 aliphatic carbocycles. The molecule has 3 nitrogen and oxygen atoms in total. The Balaban J connectivity index is 2.08. The maximum absolute atomic E-state index is 11.0. The first-order valence-electron chi connectivity index (χ1n) is 3.93. The minimum Gasteiger partial charge on any atom is -0.289 e. The summed E-state index contributed by atoms with van der Waals surface area (Å²) in [6.07, 6.45) is 6.27. The Hall–Kier alpha value is -0.830. The molecule has 2 N–H and O–H groups in total. The van der Waals surface area contributed by atoms with Gasteiger partial charge in [-0.05, 0) is 24.7 Å². The van der Waals surface area contributed by atoms with Gasteiger partial charge in [0.2, 0.25) is 5.91 Å². The van der Waals surface area contributed by atoms with Crippen molar-refractivity contribution in [1.82, 2.24) is 5.48 Å². The van der Waals surface area contributed by atoms with Crippen LogP contribution >= 0.6 is 0 Å². The normalized spacial score (nSPS) is 39.5. The summed E-state index contributed by atoms with van der Waals surface area (Å²) < 4.78 is 0. The molecule has 0 aromatic heterocycles. The third kappa shape index (κ3) is 0.959. The molecule has 3 heteroatoms. The van der Waals surface area contributed by atoms with E-state index in [-0.39, 0.29) is 11.8 Å². The van der Waals surface area contributed by atoms with E-state index < -0.39 is 0 Å². The molecule has 1 fully saturated rings. The maximum atomic E-state index is 11.0. The molecule has 0 saturated heterocycles. The highest BCUT2D eigenvalue weighted by molar-refractivity contribution is 5.78. The van der Waals surface area contributed by atoms with Gasteiger partial charge in [0.15, 0.2) is 0 Å². The van der Waals surface area contributed by atoms with Gasteiger partial charge in [0, 0.05) is 5.92 Å². The first-order valence-corrected chi connectivity index (χ1v) is 3.93. The Morgan fingerprint density at radius 1 is 1.45 bits per heavy atom. The molecule has 0 heterocycles. The minimum atomic E-state index is -0.221. The van der Waals surface area contributed by atoms with Crippen molar-refractivity contribution >= 4 is 5.91 Å². The van der Waals surface area contributed by atoms with Gasteiger partial charge in [-0.25, -0.2) is 5.48 Å². The molecule has 2 rings (SSSR count). The Labute approximate surface area is 65.1 Å². The number of hydrogen-bond acceptors (Lipinski definition) is 2. The summed E-state index contributed by atoms with van der Waals surface area (Å²) in [4.78, 5) is 11.0. The van der Waals surface area contributed by atoms with Crippen molar-refractivity contribution in [3.05, 3.63) is 12.2 Å². The summed E-state index contributed by atoms with van der Waals surface area (Å²) in [7, 11) is 0. The molecule has 0 spiro atoms. The van der Waals surface area contributed by atoms with Gasteiger partial charge in [-0.15, -0.1) is 0 Å². The van der Waals surface area contributed by atoms with Crippen molar-refractivity contribution in [2.45, 2.75) is 12.8 Å². The number of fused-ring (bicyclic) bond motifs is 2. The number of nitrogens with one attached hydrogen (secondary N) is 1. The lowest BCUT2D eigenvalue weighted by molar-refractivity contribution is -0.134. The molecule has 3 atom stereocenters. The van der Waals surface area contributed by atoms with Gasteiger partial charge in [-0.3, -0.25) is 10.0 Å². The van der Waals surface area contributed by atoms with Gasteiger partial charge in [0.05, 0.1) is 0 Å². The van der Waals surface area contributed by atoms with E-state index in [4.69, 9.17) is 5.21 Å². The molecule has 11 heavy (non-hydrogen) atoms. The molecule has 2 aliphatic rings. The number of carbonyl (C=O) groups excluding carboxylic acids is 1. The second-order valence-corrected chi connectivity index (χ2v) is 3.36. The molecular formula is C8H11NO2. The van der Waals surface area contributed by atoms with Crippen LogP contribution in [0, 0.1) is 17.8 Å². The van der Waals surface area contributed by atoms with Crippen LogP contribution in [0.5, 0.6) is 0 Å². The van der Waals surface area contributed by atoms with Crippen LogP contribution in [0.4, 0.5) is 0 Å². The average molecular weight is 153 g/mol. The summed E-state index contributed by atoms with van der Waals surface area (Å²) in [5.74, 6) is 0.770. The zero-order chi connectivity index (χ0) is 7.84. The summed E-state index contributed by atoms with van der Waals surface area (Å²) in [5.41, 5.74) is 1.72. The van der Waals surface area contributed by atoms with Crippen molar-refractivity contribution in [1.29, 1.82) is 0 Å². The van der Waals surface area contributed by atoms with Crippen LogP contribution in [0.25, 0.3) is 0 Å². The fourth-order valence-electron chi connectivity index (χ4n) is 2.17. The van der Waals surface area contributed by atoms with E-state index in [1.54, 1.807) is 5.48 Å². The number of hydroxylamine groups is 1.